The summed E-state index contributed by atoms with van der Waals surface area (Å²) in [6.07, 6.45) is 4.37. The van der Waals surface area contributed by atoms with Crippen LogP contribution in [-0.2, 0) is 6.54 Å². The Labute approximate surface area is 131 Å². The van der Waals surface area contributed by atoms with Gasteiger partial charge in [-0.1, -0.05) is 49.6 Å². The van der Waals surface area contributed by atoms with Gasteiger partial charge >= 0.3 is 6.03 Å². The van der Waals surface area contributed by atoms with Crippen molar-refractivity contribution in [3.63, 3.8) is 0 Å². The zero-order valence-corrected chi connectivity index (χ0v) is 13.2. The van der Waals surface area contributed by atoms with Gasteiger partial charge < -0.3 is 10.4 Å². The molecule has 5 nitrogen and oxygen atoms in total. The van der Waals surface area contributed by atoms with Gasteiger partial charge in [0.05, 0.1) is 12.2 Å². The van der Waals surface area contributed by atoms with Crippen LogP contribution in [0.15, 0.2) is 30.3 Å². The number of carbonyl (C=O) groups is 1. The minimum absolute atomic E-state index is 0.144. The smallest absolute Gasteiger partial charge is 0.321 e. The SMILES string of the molecule is CN(Cc1ccccc1)CN1C(=O)NC2(CCCCC2)C1O. The number of urea groups is 1. The van der Waals surface area contributed by atoms with Crippen LogP contribution < -0.4 is 5.32 Å². The minimum Gasteiger partial charge on any atom is -0.371 e. The molecule has 1 aromatic carbocycles. The third kappa shape index (κ3) is 2.96. The summed E-state index contributed by atoms with van der Waals surface area (Å²) in [4.78, 5) is 15.9. The molecule has 0 aromatic heterocycles. The van der Waals surface area contributed by atoms with Crippen molar-refractivity contribution in [2.45, 2.75) is 50.4 Å². The van der Waals surface area contributed by atoms with Gasteiger partial charge in [-0.2, -0.15) is 0 Å². The van der Waals surface area contributed by atoms with Gasteiger partial charge in [-0.3, -0.25) is 9.80 Å². The van der Waals surface area contributed by atoms with E-state index in [0.29, 0.717) is 6.67 Å². The molecule has 0 bridgehead atoms. The average Bonchev–Trinajstić information content (AvgIpc) is 2.73. The van der Waals surface area contributed by atoms with Gasteiger partial charge in [-0.05, 0) is 25.5 Å². The quantitative estimate of drug-likeness (QED) is 0.896. The highest BCUT2D eigenvalue weighted by molar-refractivity contribution is 5.78. The highest BCUT2D eigenvalue weighted by Crippen LogP contribution is 2.36. The Balaban J connectivity index is 1.63. The molecular weight excluding hydrogens is 278 g/mol. The van der Waals surface area contributed by atoms with Crippen molar-refractivity contribution in [2.75, 3.05) is 13.7 Å². The van der Waals surface area contributed by atoms with Crippen molar-refractivity contribution < 1.29 is 9.90 Å². The van der Waals surface area contributed by atoms with E-state index >= 15 is 0 Å². The molecule has 1 atom stereocenters. The summed E-state index contributed by atoms with van der Waals surface area (Å²) >= 11 is 0. The Hall–Kier alpha value is -1.59. The fourth-order valence-electron chi connectivity index (χ4n) is 3.67. The van der Waals surface area contributed by atoms with Crippen molar-refractivity contribution in [3.8, 4) is 0 Å². The highest BCUT2D eigenvalue weighted by atomic mass is 16.3. The predicted octanol–water partition coefficient (Wildman–Crippen LogP) is 2.12. The first-order chi connectivity index (χ1) is 10.6. The maximum Gasteiger partial charge on any atom is 0.321 e. The lowest BCUT2D eigenvalue weighted by molar-refractivity contribution is -0.0307. The first-order valence-corrected chi connectivity index (χ1v) is 8.10. The monoisotopic (exact) mass is 303 g/mol. The Morgan fingerprint density at radius 2 is 1.95 bits per heavy atom. The molecule has 2 aliphatic rings. The molecule has 22 heavy (non-hydrogen) atoms. The number of aliphatic hydroxyl groups excluding tert-OH is 1. The normalized spacial score (nSPS) is 24.0. The van der Waals surface area contributed by atoms with Gasteiger partial charge in [0.25, 0.3) is 0 Å². The molecule has 2 fully saturated rings. The van der Waals surface area contributed by atoms with Crippen molar-refractivity contribution in [2.24, 2.45) is 0 Å². The number of rotatable bonds is 4. The van der Waals surface area contributed by atoms with Crippen LogP contribution in [-0.4, -0.2) is 46.4 Å². The Kier molecular flexibility index (Phi) is 4.36. The predicted molar refractivity (Wildman–Crippen MR) is 85.0 cm³/mol. The van der Waals surface area contributed by atoms with E-state index in [2.05, 4.69) is 22.3 Å². The molecule has 1 saturated carbocycles. The second-order valence-corrected chi connectivity index (χ2v) is 6.63. The summed E-state index contributed by atoms with van der Waals surface area (Å²) in [5, 5.41) is 13.7. The van der Waals surface area contributed by atoms with Gasteiger partial charge in [0, 0.05) is 6.54 Å². The first kappa shape index (κ1) is 15.3. The Morgan fingerprint density at radius 3 is 2.64 bits per heavy atom. The van der Waals surface area contributed by atoms with Gasteiger partial charge in [0.2, 0.25) is 0 Å². The van der Waals surface area contributed by atoms with Crippen molar-refractivity contribution in [3.05, 3.63) is 35.9 Å². The van der Waals surface area contributed by atoms with Crippen LogP contribution in [0.2, 0.25) is 0 Å². The van der Waals surface area contributed by atoms with Crippen LogP contribution in [0.5, 0.6) is 0 Å². The molecule has 1 aliphatic heterocycles. The lowest BCUT2D eigenvalue weighted by atomic mass is 9.81. The topological polar surface area (TPSA) is 55.8 Å². The zero-order chi connectivity index (χ0) is 15.6. The van der Waals surface area contributed by atoms with Gasteiger partial charge in [0.1, 0.15) is 0 Å². The number of nitrogens with one attached hydrogen (secondary N) is 1. The van der Waals surface area contributed by atoms with Crippen LogP contribution in [0.1, 0.15) is 37.7 Å². The van der Waals surface area contributed by atoms with Crippen molar-refractivity contribution >= 4 is 6.03 Å². The molecule has 120 valence electrons. The Morgan fingerprint density at radius 1 is 1.27 bits per heavy atom. The molecule has 1 heterocycles. The average molecular weight is 303 g/mol. The van der Waals surface area contributed by atoms with E-state index < -0.39 is 11.8 Å². The number of benzene rings is 1. The highest BCUT2D eigenvalue weighted by Gasteiger charge is 2.50. The van der Waals surface area contributed by atoms with Gasteiger partial charge in [0.15, 0.2) is 6.23 Å². The fourth-order valence-corrected chi connectivity index (χ4v) is 3.67. The number of aliphatic hydroxyl groups is 1. The summed E-state index contributed by atoms with van der Waals surface area (Å²) in [6.45, 7) is 1.19. The van der Waals surface area contributed by atoms with Crippen LogP contribution in [0.4, 0.5) is 4.79 Å². The molecule has 5 heteroatoms. The Bertz CT molecular complexity index is 514. The third-order valence-electron chi connectivity index (χ3n) is 4.84. The number of nitrogens with zero attached hydrogens (tertiary/aromatic N) is 2. The van der Waals surface area contributed by atoms with Crippen LogP contribution in [0.3, 0.4) is 0 Å². The summed E-state index contributed by atoms with van der Waals surface area (Å²) in [5.41, 5.74) is 0.773. The summed E-state index contributed by atoms with van der Waals surface area (Å²) in [5.74, 6) is 0. The van der Waals surface area contributed by atoms with E-state index in [1.165, 1.54) is 12.0 Å². The maximum absolute atomic E-state index is 12.3. The summed E-state index contributed by atoms with van der Waals surface area (Å²) < 4.78 is 0. The van der Waals surface area contributed by atoms with E-state index in [0.717, 1.165) is 32.2 Å². The van der Waals surface area contributed by atoms with E-state index in [-0.39, 0.29) is 6.03 Å². The molecular formula is C17H25N3O2. The number of hydrogen-bond donors (Lipinski definition) is 2. The number of carbonyl (C=O) groups excluding carboxylic acids is 1. The molecule has 1 unspecified atom stereocenters. The summed E-state index contributed by atoms with van der Waals surface area (Å²) in [6, 6.07) is 10.0. The van der Waals surface area contributed by atoms with E-state index in [9.17, 15) is 9.90 Å². The second-order valence-electron chi connectivity index (χ2n) is 6.63. The second kappa shape index (κ2) is 6.26. The van der Waals surface area contributed by atoms with Crippen LogP contribution in [0.25, 0.3) is 0 Å². The molecule has 1 saturated heterocycles. The van der Waals surface area contributed by atoms with E-state index in [1.807, 2.05) is 25.2 Å². The molecule has 2 N–H and O–H groups in total. The lowest BCUT2D eigenvalue weighted by Gasteiger charge is -2.37. The molecule has 0 radical (unpaired) electrons. The van der Waals surface area contributed by atoms with Crippen LogP contribution in [0, 0.1) is 0 Å². The minimum atomic E-state index is -0.724. The third-order valence-corrected chi connectivity index (χ3v) is 4.84. The number of hydrogen-bond acceptors (Lipinski definition) is 3. The van der Waals surface area contributed by atoms with Crippen molar-refractivity contribution in [1.29, 1.82) is 0 Å². The van der Waals surface area contributed by atoms with E-state index in [1.54, 1.807) is 4.90 Å². The van der Waals surface area contributed by atoms with E-state index in [4.69, 9.17) is 0 Å². The van der Waals surface area contributed by atoms with Crippen molar-refractivity contribution in [1.82, 2.24) is 15.1 Å². The molecule has 1 spiro atoms. The maximum atomic E-state index is 12.3. The lowest BCUT2D eigenvalue weighted by Crippen LogP contribution is -2.52. The molecule has 2 amide bonds. The first-order valence-electron chi connectivity index (χ1n) is 8.10. The summed E-state index contributed by atoms with van der Waals surface area (Å²) in [7, 11) is 1.97. The largest absolute Gasteiger partial charge is 0.371 e. The van der Waals surface area contributed by atoms with Crippen LogP contribution >= 0.6 is 0 Å². The fraction of sp³-hybridized carbons (Fsp3) is 0.588. The van der Waals surface area contributed by atoms with Gasteiger partial charge in [-0.15, -0.1) is 0 Å². The molecule has 3 rings (SSSR count). The number of amides is 2. The van der Waals surface area contributed by atoms with Gasteiger partial charge in [-0.25, -0.2) is 4.79 Å². The zero-order valence-electron chi connectivity index (χ0n) is 13.2. The molecule has 1 aromatic rings. The standard InChI is InChI=1S/C17H25N3O2/c1-19(12-14-8-4-2-5-9-14)13-20-15(21)17(18-16(20)22)10-6-3-7-11-17/h2,4-5,8-9,15,21H,3,6-7,10-13H2,1H3,(H,18,22). The molecule has 1 aliphatic carbocycles.